The lowest BCUT2D eigenvalue weighted by atomic mass is 10.1. The number of nitrogens with one attached hydrogen (secondary N) is 2. The van der Waals surface area contributed by atoms with Crippen molar-refractivity contribution in [2.24, 2.45) is 0 Å². The molecule has 0 saturated carbocycles. The molecule has 0 heterocycles. The molecule has 0 radical (unpaired) electrons. The number of benzene rings is 2. The lowest BCUT2D eigenvalue weighted by Crippen LogP contribution is -2.15. The van der Waals surface area contributed by atoms with E-state index >= 15 is 0 Å². The summed E-state index contributed by atoms with van der Waals surface area (Å²) < 4.78 is 4.80. The predicted octanol–water partition coefficient (Wildman–Crippen LogP) is 3.82. The van der Waals surface area contributed by atoms with Gasteiger partial charge < -0.3 is 10.1 Å². The molecule has 0 aliphatic heterocycles. The molecule has 5 nitrogen and oxygen atoms in total. The Labute approximate surface area is 129 Å². The maximum atomic E-state index is 12.2. The van der Waals surface area contributed by atoms with Gasteiger partial charge in [0.25, 0.3) is 5.91 Å². The zero-order valence-electron chi connectivity index (χ0n) is 12.6. The number of aryl methyl sites for hydroxylation is 1. The molecule has 0 saturated heterocycles. The van der Waals surface area contributed by atoms with E-state index in [0.717, 1.165) is 11.3 Å². The summed E-state index contributed by atoms with van der Waals surface area (Å²) in [7, 11) is 0. The van der Waals surface area contributed by atoms with Crippen molar-refractivity contribution < 1.29 is 14.3 Å². The predicted molar refractivity (Wildman–Crippen MR) is 86.2 cm³/mol. The fourth-order valence-corrected chi connectivity index (χ4v) is 1.86. The van der Waals surface area contributed by atoms with Crippen LogP contribution in [-0.4, -0.2) is 18.6 Å². The van der Waals surface area contributed by atoms with E-state index in [1.54, 1.807) is 31.2 Å². The molecular formula is C17H18N2O3. The molecule has 0 fully saturated rings. The first-order valence-corrected chi connectivity index (χ1v) is 7.00. The van der Waals surface area contributed by atoms with Crippen LogP contribution in [0.25, 0.3) is 0 Å². The summed E-state index contributed by atoms with van der Waals surface area (Å²) in [4.78, 5) is 23.6. The monoisotopic (exact) mass is 298 g/mol. The average molecular weight is 298 g/mol. The van der Waals surface area contributed by atoms with Gasteiger partial charge in [0, 0.05) is 16.9 Å². The average Bonchev–Trinajstić information content (AvgIpc) is 2.50. The van der Waals surface area contributed by atoms with Crippen LogP contribution in [-0.2, 0) is 4.74 Å². The van der Waals surface area contributed by atoms with E-state index in [1.165, 1.54) is 0 Å². The second-order valence-corrected chi connectivity index (χ2v) is 4.75. The zero-order valence-corrected chi connectivity index (χ0v) is 12.6. The van der Waals surface area contributed by atoms with Gasteiger partial charge in [-0.05, 0) is 44.2 Å². The van der Waals surface area contributed by atoms with E-state index in [-0.39, 0.29) is 5.91 Å². The summed E-state index contributed by atoms with van der Waals surface area (Å²) in [5, 5.41) is 5.38. The van der Waals surface area contributed by atoms with Crippen molar-refractivity contribution in [2.75, 3.05) is 17.2 Å². The number of carbonyl (C=O) groups is 2. The summed E-state index contributed by atoms with van der Waals surface area (Å²) in [6.45, 7) is 4.00. The summed E-state index contributed by atoms with van der Waals surface area (Å²) in [6.07, 6.45) is -0.543. The first-order valence-electron chi connectivity index (χ1n) is 7.00. The Kier molecular flexibility index (Phi) is 5.14. The molecule has 2 rings (SSSR count). The fraction of sp³-hybridized carbons (Fsp3) is 0.176. The fourth-order valence-electron chi connectivity index (χ4n) is 1.86. The van der Waals surface area contributed by atoms with Crippen LogP contribution in [0, 0.1) is 6.92 Å². The lowest BCUT2D eigenvalue weighted by molar-refractivity contribution is 0.102. The van der Waals surface area contributed by atoms with Crippen molar-refractivity contribution in [3.63, 3.8) is 0 Å². The largest absolute Gasteiger partial charge is 0.450 e. The number of ether oxygens (including phenoxy) is 1. The smallest absolute Gasteiger partial charge is 0.411 e. The SMILES string of the molecule is CCOC(=O)Nc1cccc(C(=O)Nc2ccc(C)cc2)c1. The molecule has 0 atom stereocenters. The molecule has 0 aromatic heterocycles. The van der Waals surface area contributed by atoms with E-state index in [9.17, 15) is 9.59 Å². The molecule has 0 aliphatic carbocycles. The van der Waals surface area contributed by atoms with Crippen molar-refractivity contribution in [1.82, 2.24) is 0 Å². The van der Waals surface area contributed by atoms with Gasteiger partial charge in [-0.25, -0.2) is 4.79 Å². The number of carbonyl (C=O) groups excluding carboxylic acids is 2. The highest BCUT2D eigenvalue weighted by Crippen LogP contribution is 2.14. The van der Waals surface area contributed by atoms with E-state index < -0.39 is 6.09 Å². The molecule has 0 spiro atoms. The van der Waals surface area contributed by atoms with Crippen LogP contribution in [0.2, 0.25) is 0 Å². The molecule has 2 amide bonds. The molecule has 2 aromatic rings. The quantitative estimate of drug-likeness (QED) is 0.901. The van der Waals surface area contributed by atoms with Crippen molar-refractivity contribution in [2.45, 2.75) is 13.8 Å². The summed E-state index contributed by atoms with van der Waals surface area (Å²) >= 11 is 0. The van der Waals surface area contributed by atoms with Gasteiger partial charge in [-0.2, -0.15) is 0 Å². The summed E-state index contributed by atoms with van der Waals surface area (Å²) in [5.74, 6) is -0.239. The Balaban J connectivity index is 2.06. The first kappa shape index (κ1) is 15.6. The Morgan fingerprint density at radius 3 is 2.41 bits per heavy atom. The van der Waals surface area contributed by atoms with Crippen molar-refractivity contribution in [3.05, 3.63) is 59.7 Å². The van der Waals surface area contributed by atoms with Crippen LogP contribution >= 0.6 is 0 Å². The molecule has 2 N–H and O–H groups in total. The molecule has 0 unspecified atom stereocenters. The number of amides is 2. The van der Waals surface area contributed by atoms with Crippen LogP contribution in [0.3, 0.4) is 0 Å². The second-order valence-electron chi connectivity index (χ2n) is 4.75. The van der Waals surface area contributed by atoms with Crippen LogP contribution in [0.5, 0.6) is 0 Å². The van der Waals surface area contributed by atoms with Gasteiger partial charge in [-0.3, -0.25) is 10.1 Å². The highest BCUT2D eigenvalue weighted by Gasteiger charge is 2.08. The highest BCUT2D eigenvalue weighted by molar-refractivity contribution is 6.05. The number of hydrogen-bond donors (Lipinski definition) is 2. The minimum Gasteiger partial charge on any atom is -0.450 e. The third-order valence-corrected chi connectivity index (χ3v) is 2.96. The molecule has 5 heteroatoms. The Morgan fingerprint density at radius 1 is 1.00 bits per heavy atom. The molecule has 0 bridgehead atoms. The van der Waals surface area contributed by atoms with Gasteiger partial charge in [0.2, 0.25) is 0 Å². The van der Waals surface area contributed by atoms with Gasteiger partial charge in [-0.15, -0.1) is 0 Å². The van der Waals surface area contributed by atoms with Crippen molar-refractivity contribution in [1.29, 1.82) is 0 Å². The molecule has 114 valence electrons. The van der Waals surface area contributed by atoms with Gasteiger partial charge in [0.15, 0.2) is 0 Å². The zero-order chi connectivity index (χ0) is 15.9. The highest BCUT2D eigenvalue weighted by atomic mass is 16.5. The standard InChI is InChI=1S/C17H18N2O3/c1-3-22-17(21)19-15-6-4-5-13(11-15)16(20)18-14-9-7-12(2)8-10-14/h4-11H,3H2,1-2H3,(H,18,20)(H,19,21). The third kappa shape index (κ3) is 4.34. The Bertz CT molecular complexity index is 666. The summed E-state index contributed by atoms with van der Waals surface area (Å²) in [6, 6.07) is 14.2. The Hall–Kier alpha value is -2.82. The first-order chi connectivity index (χ1) is 10.6. The number of anilines is 2. The molecular weight excluding hydrogens is 280 g/mol. The minimum absolute atomic E-state index is 0.239. The molecule has 2 aromatic carbocycles. The number of hydrogen-bond acceptors (Lipinski definition) is 3. The maximum Gasteiger partial charge on any atom is 0.411 e. The van der Waals surface area contributed by atoms with Crippen molar-refractivity contribution in [3.8, 4) is 0 Å². The van der Waals surface area contributed by atoms with Crippen molar-refractivity contribution >= 4 is 23.4 Å². The van der Waals surface area contributed by atoms with Gasteiger partial charge in [-0.1, -0.05) is 23.8 Å². The van der Waals surface area contributed by atoms with E-state index in [1.807, 2.05) is 31.2 Å². The second kappa shape index (κ2) is 7.26. The topological polar surface area (TPSA) is 67.4 Å². The van der Waals surface area contributed by atoms with Gasteiger partial charge in [0.1, 0.15) is 0 Å². The van der Waals surface area contributed by atoms with Crippen LogP contribution in [0.1, 0.15) is 22.8 Å². The van der Waals surface area contributed by atoms with E-state index in [2.05, 4.69) is 10.6 Å². The van der Waals surface area contributed by atoms with Crippen LogP contribution in [0.4, 0.5) is 16.2 Å². The molecule has 0 aliphatic rings. The third-order valence-electron chi connectivity index (χ3n) is 2.96. The molecule has 22 heavy (non-hydrogen) atoms. The van der Waals surface area contributed by atoms with Gasteiger partial charge in [0.05, 0.1) is 6.61 Å². The van der Waals surface area contributed by atoms with Crippen LogP contribution in [0.15, 0.2) is 48.5 Å². The number of rotatable bonds is 4. The van der Waals surface area contributed by atoms with E-state index in [4.69, 9.17) is 4.74 Å². The normalized spacial score (nSPS) is 9.91. The lowest BCUT2D eigenvalue weighted by Gasteiger charge is -2.08. The van der Waals surface area contributed by atoms with Crippen LogP contribution < -0.4 is 10.6 Å². The minimum atomic E-state index is -0.543. The summed E-state index contributed by atoms with van der Waals surface area (Å²) in [5.41, 5.74) is 2.81. The Morgan fingerprint density at radius 2 is 1.73 bits per heavy atom. The maximum absolute atomic E-state index is 12.2. The van der Waals surface area contributed by atoms with Gasteiger partial charge >= 0.3 is 6.09 Å². The van der Waals surface area contributed by atoms with E-state index in [0.29, 0.717) is 17.9 Å².